The Kier molecular flexibility index (Phi) is 6.92. The molecule has 0 saturated carbocycles. The minimum Gasteiger partial charge on any atom is -0.352 e. The largest absolute Gasteiger partial charge is 0.352 e. The predicted molar refractivity (Wildman–Crippen MR) is 155 cm³/mol. The van der Waals surface area contributed by atoms with E-state index >= 15 is 0 Å². The van der Waals surface area contributed by atoms with Gasteiger partial charge in [0.1, 0.15) is 17.0 Å². The molecule has 0 unspecified atom stereocenters. The van der Waals surface area contributed by atoms with Gasteiger partial charge in [-0.15, -0.1) is 11.3 Å². The molecule has 39 heavy (non-hydrogen) atoms. The van der Waals surface area contributed by atoms with Crippen LogP contribution in [-0.4, -0.2) is 72.8 Å². The summed E-state index contributed by atoms with van der Waals surface area (Å²) >= 11 is 1.82. The topological polar surface area (TPSA) is 86.7 Å². The molecule has 8 nitrogen and oxygen atoms in total. The first-order valence-electron chi connectivity index (χ1n) is 14.0. The zero-order valence-corrected chi connectivity index (χ0v) is 24.7. The summed E-state index contributed by atoms with van der Waals surface area (Å²) in [6, 6.07) is 6.43. The number of carbonyl (C=O) groups is 1. The average Bonchev–Trinajstić information content (AvgIpc) is 3.61. The normalized spacial score (nSPS) is 20.9. The van der Waals surface area contributed by atoms with Crippen molar-refractivity contribution in [3.63, 3.8) is 0 Å². The number of aromatic nitrogens is 2. The summed E-state index contributed by atoms with van der Waals surface area (Å²) in [5, 5.41) is 1.21. The van der Waals surface area contributed by atoms with Gasteiger partial charge in [0.25, 0.3) is 5.91 Å². The number of nitrogens with zero attached hydrogens (tertiary/aromatic N) is 5. The lowest BCUT2D eigenvalue weighted by molar-refractivity contribution is 0.0746. The van der Waals surface area contributed by atoms with Gasteiger partial charge in [-0.3, -0.25) is 4.79 Å². The van der Waals surface area contributed by atoms with Crippen LogP contribution in [0.3, 0.4) is 0 Å². The number of benzene rings is 1. The Morgan fingerprint density at radius 1 is 0.974 bits per heavy atom. The second-order valence-electron chi connectivity index (χ2n) is 12.1. The van der Waals surface area contributed by atoms with Gasteiger partial charge in [-0.25, -0.2) is 18.4 Å². The molecular formula is C29H37N5O3S2. The molecule has 0 N–H and O–H groups in total. The number of amides is 1. The summed E-state index contributed by atoms with van der Waals surface area (Å²) in [6.45, 7) is 10.7. The molecule has 1 atom stereocenters. The molecule has 0 spiro atoms. The molecule has 0 bridgehead atoms. The summed E-state index contributed by atoms with van der Waals surface area (Å²) in [6.07, 6.45) is 6.84. The molecule has 208 valence electrons. The van der Waals surface area contributed by atoms with Gasteiger partial charge in [-0.2, -0.15) is 4.31 Å². The third-order valence-corrected chi connectivity index (χ3v) is 11.8. The summed E-state index contributed by atoms with van der Waals surface area (Å²) in [4.78, 5) is 29.6. The quantitative estimate of drug-likeness (QED) is 0.459. The van der Waals surface area contributed by atoms with E-state index in [-0.39, 0.29) is 10.8 Å². The SMILES string of the molecule is CC(C)(C)[C@@H]1CCc2c(sc3ncnc(N4CCN(C(=O)c5ccc(S(=O)(=O)N6CCCC6)cc5)CC4)c23)C1. The minimum absolute atomic E-state index is 0.0614. The predicted octanol–water partition coefficient (Wildman–Crippen LogP) is 4.59. The molecule has 1 amide bonds. The average molecular weight is 568 g/mol. The van der Waals surface area contributed by atoms with E-state index < -0.39 is 10.0 Å². The van der Waals surface area contributed by atoms with Crippen LogP contribution in [0.1, 0.15) is 60.8 Å². The first kappa shape index (κ1) is 26.7. The molecule has 10 heteroatoms. The highest BCUT2D eigenvalue weighted by Crippen LogP contribution is 2.44. The van der Waals surface area contributed by atoms with Crippen LogP contribution in [0.5, 0.6) is 0 Å². The Morgan fingerprint density at radius 2 is 1.67 bits per heavy atom. The van der Waals surface area contributed by atoms with E-state index in [1.807, 2.05) is 16.2 Å². The van der Waals surface area contributed by atoms with Gasteiger partial charge < -0.3 is 9.80 Å². The maximum atomic E-state index is 13.3. The van der Waals surface area contributed by atoms with Gasteiger partial charge in [0.2, 0.25) is 10.0 Å². The fourth-order valence-electron chi connectivity index (χ4n) is 6.22. The van der Waals surface area contributed by atoms with E-state index in [1.54, 1.807) is 30.6 Å². The molecule has 0 radical (unpaired) electrons. The standard InChI is InChI=1S/C29H37N5O3S2/c1-29(2,3)21-8-11-23-24(18-21)38-27-25(23)26(30-19-31-27)32-14-16-33(17-15-32)28(35)20-6-9-22(10-7-20)39(36,37)34-12-4-5-13-34/h6-7,9-10,19,21H,4-5,8,11-18H2,1-3H3/t21-/m1/s1. The van der Waals surface area contributed by atoms with Crippen molar-refractivity contribution < 1.29 is 13.2 Å². The number of piperazine rings is 1. The monoisotopic (exact) mass is 567 g/mol. The smallest absolute Gasteiger partial charge is 0.253 e. The van der Waals surface area contributed by atoms with Crippen molar-refractivity contribution in [1.29, 1.82) is 0 Å². The van der Waals surface area contributed by atoms with Crippen molar-refractivity contribution in [2.75, 3.05) is 44.2 Å². The van der Waals surface area contributed by atoms with Crippen LogP contribution in [0.4, 0.5) is 5.82 Å². The molecule has 1 aliphatic carbocycles. The Hall–Kier alpha value is -2.56. The number of carbonyl (C=O) groups excluding carboxylic acids is 1. The van der Waals surface area contributed by atoms with E-state index in [4.69, 9.17) is 4.98 Å². The highest BCUT2D eigenvalue weighted by molar-refractivity contribution is 7.89. The zero-order chi connectivity index (χ0) is 27.4. The number of fused-ring (bicyclic) bond motifs is 3. The molecule has 6 rings (SSSR count). The maximum Gasteiger partial charge on any atom is 0.253 e. The molecule has 2 aliphatic heterocycles. The third kappa shape index (κ3) is 4.95. The van der Waals surface area contributed by atoms with Gasteiger partial charge in [-0.1, -0.05) is 20.8 Å². The number of sulfonamides is 1. The molecule has 4 heterocycles. The van der Waals surface area contributed by atoms with E-state index in [0.717, 1.165) is 36.3 Å². The number of rotatable bonds is 4. The van der Waals surface area contributed by atoms with Crippen molar-refractivity contribution in [3.8, 4) is 0 Å². The highest BCUT2D eigenvalue weighted by atomic mass is 32.2. The Morgan fingerprint density at radius 3 is 2.33 bits per heavy atom. The van der Waals surface area contributed by atoms with Crippen molar-refractivity contribution in [1.82, 2.24) is 19.2 Å². The molecular weight excluding hydrogens is 530 g/mol. The Labute approximate surface area is 235 Å². The lowest BCUT2D eigenvalue weighted by Gasteiger charge is -2.36. The first-order valence-corrected chi connectivity index (χ1v) is 16.3. The first-order chi connectivity index (χ1) is 18.6. The minimum atomic E-state index is -3.48. The van der Waals surface area contributed by atoms with Gasteiger partial charge in [-0.05, 0) is 73.3 Å². The fraction of sp³-hybridized carbons (Fsp3) is 0.552. The fourth-order valence-corrected chi connectivity index (χ4v) is 9.00. The van der Waals surface area contributed by atoms with Gasteiger partial charge in [0, 0.05) is 49.7 Å². The molecule has 3 aromatic rings. The summed E-state index contributed by atoms with van der Waals surface area (Å²) in [5.41, 5.74) is 2.25. The Bertz CT molecular complexity index is 1480. The van der Waals surface area contributed by atoms with Crippen LogP contribution < -0.4 is 4.90 Å². The van der Waals surface area contributed by atoms with Crippen LogP contribution in [-0.2, 0) is 22.9 Å². The van der Waals surface area contributed by atoms with Crippen molar-refractivity contribution in [2.45, 2.75) is 57.8 Å². The van der Waals surface area contributed by atoms with E-state index in [0.29, 0.717) is 56.2 Å². The van der Waals surface area contributed by atoms with Crippen LogP contribution in [0.2, 0.25) is 0 Å². The van der Waals surface area contributed by atoms with Gasteiger partial charge >= 0.3 is 0 Å². The molecule has 2 fully saturated rings. The molecule has 2 saturated heterocycles. The van der Waals surface area contributed by atoms with E-state index in [9.17, 15) is 13.2 Å². The lowest BCUT2D eigenvalue weighted by Crippen LogP contribution is -2.49. The number of thiophene rings is 1. The third-order valence-electron chi connectivity index (χ3n) is 8.72. The molecule has 1 aromatic carbocycles. The van der Waals surface area contributed by atoms with Crippen LogP contribution in [0.15, 0.2) is 35.5 Å². The number of anilines is 1. The van der Waals surface area contributed by atoms with E-state index in [2.05, 4.69) is 30.7 Å². The second-order valence-corrected chi connectivity index (χ2v) is 15.1. The van der Waals surface area contributed by atoms with Crippen LogP contribution in [0.25, 0.3) is 10.2 Å². The molecule has 2 aromatic heterocycles. The number of hydrogen-bond donors (Lipinski definition) is 0. The van der Waals surface area contributed by atoms with Gasteiger partial charge in [0.05, 0.1) is 10.3 Å². The summed E-state index contributed by atoms with van der Waals surface area (Å²) < 4.78 is 27.2. The highest BCUT2D eigenvalue weighted by Gasteiger charge is 2.33. The van der Waals surface area contributed by atoms with E-state index in [1.165, 1.54) is 26.6 Å². The number of hydrogen-bond acceptors (Lipinski definition) is 7. The van der Waals surface area contributed by atoms with Crippen molar-refractivity contribution in [3.05, 3.63) is 46.6 Å². The van der Waals surface area contributed by atoms with Crippen LogP contribution >= 0.6 is 11.3 Å². The van der Waals surface area contributed by atoms with Crippen molar-refractivity contribution >= 4 is 43.3 Å². The molecule has 3 aliphatic rings. The maximum absolute atomic E-state index is 13.3. The zero-order valence-electron chi connectivity index (χ0n) is 23.0. The summed E-state index contributed by atoms with van der Waals surface area (Å²) in [7, 11) is -3.48. The van der Waals surface area contributed by atoms with Crippen molar-refractivity contribution in [2.24, 2.45) is 11.3 Å². The number of aryl methyl sites for hydroxylation is 1. The van der Waals surface area contributed by atoms with Crippen LogP contribution in [0, 0.1) is 11.3 Å². The van der Waals surface area contributed by atoms with Gasteiger partial charge in [0.15, 0.2) is 0 Å². The lowest BCUT2D eigenvalue weighted by atomic mass is 9.72. The second kappa shape index (κ2) is 10.1. The Balaban J connectivity index is 1.15. The summed E-state index contributed by atoms with van der Waals surface area (Å²) in [5.74, 6) is 1.61.